The molecule has 3 heteroatoms. The number of likely N-dealkylation sites (tertiary alicyclic amines) is 1. The summed E-state index contributed by atoms with van der Waals surface area (Å²) in [6.07, 6.45) is 4.93. The fraction of sp³-hybridized carbons (Fsp3) is 0.667. The standard InChI is InChI=1S/C18H29FN2/c1-5-18(3,21-11-7-6-8-12-21)17(20-4)15-10-9-14(2)16(19)13-15/h9-10,13,17,20H,5-8,11-12H2,1-4H3. The Bertz CT molecular complexity index is 468. The van der Waals surface area contributed by atoms with Gasteiger partial charge in [0.2, 0.25) is 0 Å². The van der Waals surface area contributed by atoms with Crippen molar-refractivity contribution < 1.29 is 4.39 Å². The van der Waals surface area contributed by atoms with Crippen LogP contribution in [0, 0.1) is 12.7 Å². The minimum Gasteiger partial charge on any atom is -0.311 e. The van der Waals surface area contributed by atoms with Gasteiger partial charge in [-0.2, -0.15) is 0 Å². The predicted molar refractivity (Wildman–Crippen MR) is 87.1 cm³/mol. The Morgan fingerprint density at radius 3 is 2.48 bits per heavy atom. The molecule has 2 unspecified atom stereocenters. The van der Waals surface area contributed by atoms with E-state index in [1.807, 2.05) is 20.0 Å². The molecule has 0 amide bonds. The van der Waals surface area contributed by atoms with E-state index < -0.39 is 0 Å². The van der Waals surface area contributed by atoms with Crippen molar-refractivity contribution in [3.8, 4) is 0 Å². The maximum atomic E-state index is 14.0. The first-order chi connectivity index (χ1) is 10.0. The lowest BCUT2D eigenvalue weighted by molar-refractivity contribution is 0.0447. The number of likely N-dealkylation sites (N-methyl/N-ethyl adjacent to an activating group) is 1. The molecule has 1 aromatic rings. The van der Waals surface area contributed by atoms with Crippen molar-refractivity contribution in [3.63, 3.8) is 0 Å². The van der Waals surface area contributed by atoms with Gasteiger partial charge in [-0.15, -0.1) is 0 Å². The molecule has 0 aliphatic carbocycles. The third kappa shape index (κ3) is 3.29. The molecule has 0 spiro atoms. The first-order valence-corrected chi connectivity index (χ1v) is 8.21. The van der Waals surface area contributed by atoms with Gasteiger partial charge in [-0.25, -0.2) is 4.39 Å². The zero-order valence-electron chi connectivity index (χ0n) is 13.9. The first-order valence-electron chi connectivity index (χ1n) is 8.21. The Hall–Kier alpha value is -0.930. The highest BCUT2D eigenvalue weighted by molar-refractivity contribution is 5.28. The zero-order chi connectivity index (χ0) is 15.5. The second-order valence-corrected chi connectivity index (χ2v) is 6.49. The summed E-state index contributed by atoms with van der Waals surface area (Å²) in [5.74, 6) is -0.107. The Balaban J connectivity index is 2.33. The lowest BCUT2D eigenvalue weighted by Gasteiger charge is -2.48. The molecule has 2 rings (SSSR count). The van der Waals surface area contributed by atoms with Crippen molar-refractivity contribution >= 4 is 0 Å². The highest BCUT2D eigenvalue weighted by Gasteiger charge is 2.38. The van der Waals surface area contributed by atoms with Crippen molar-refractivity contribution in [3.05, 3.63) is 35.1 Å². The molecule has 0 saturated carbocycles. The van der Waals surface area contributed by atoms with Crippen molar-refractivity contribution in [2.45, 2.75) is 58.0 Å². The summed E-state index contributed by atoms with van der Waals surface area (Å²) in [4.78, 5) is 2.59. The molecule has 1 heterocycles. The van der Waals surface area contributed by atoms with Gasteiger partial charge in [-0.05, 0) is 70.4 Å². The van der Waals surface area contributed by atoms with E-state index in [0.29, 0.717) is 5.56 Å². The highest BCUT2D eigenvalue weighted by Crippen LogP contribution is 2.36. The Morgan fingerprint density at radius 2 is 1.95 bits per heavy atom. The molecule has 0 radical (unpaired) electrons. The third-order valence-corrected chi connectivity index (χ3v) is 5.23. The Labute approximate surface area is 128 Å². The largest absolute Gasteiger partial charge is 0.311 e. The quantitative estimate of drug-likeness (QED) is 0.881. The van der Waals surface area contributed by atoms with Crippen LogP contribution in [0.5, 0.6) is 0 Å². The first kappa shape index (κ1) is 16.4. The van der Waals surface area contributed by atoms with Gasteiger partial charge in [-0.3, -0.25) is 4.90 Å². The number of nitrogens with one attached hydrogen (secondary N) is 1. The van der Waals surface area contributed by atoms with Gasteiger partial charge in [0.05, 0.1) is 6.04 Å². The molecule has 118 valence electrons. The minimum absolute atomic E-state index is 0.0247. The van der Waals surface area contributed by atoms with Crippen LogP contribution in [-0.4, -0.2) is 30.6 Å². The minimum atomic E-state index is -0.107. The van der Waals surface area contributed by atoms with Crippen LogP contribution < -0.4 is 5.32 Å². The average molecular weight is 292 g/mol. The molecule has 0 aromatic heterocycles. The van der Waals surface area contributed by atoms with Gasteiger partial charge in [0.15, 0.2) is 0 Å². The molecule has 1 fully saturated rings. The van der Waals surface area contributed by atoms with E-state index >= 15 is 0 Å². The van der Waals surface area contributed by atoms with Crippen molar-refractivity contribution in [2.24, 2.45) is 0 Å². The number of hydrogen-bond donors (Lipinski definition) is 1. The number of aryl methyl sites for hydroxylation is 1. The number of halogens is 1. The van der Waals surface area contributed by atoms with E-state index in [2.05, 4.69) is 30.1 Å². The molecule has 0 bridgehead atoms. The summed E-state index contributed by atoms with van der Waals surface area (Å²) in [6, 6.07) is 5.81. The maximum absolute atomic E-state index is 14.0. The summed E-state index contributed by atoms with van der Waals surface area (Å²) >= 11 is 0. The van der Waals surface area contributed by atoms with Crippen molar-refractivity contribution in [1.82, 2.24) is 10.2 Å². The Kier molecular flexibility index (Phi) is 5.39. The van der Waals surface area contributed by atoms with Gasteiger partial charge in [0.25, 0.3) is 0 Å². The van der Waals surface area contributed by atoms with E-state index in [1.54, 1.807) is 6.07 Å². The van der Waals surface area contributed by atoms with Crippen LogP contribution in [0.25, 0.3) is 0 Å². The predicted octanol–water partition coefficient (Wildman–Crippen LogP) is 4.05. The molecule has 1 aliphatic rings. The Morgan fingerprint density at radius 1 is 1.29 bits per heavy atom. The molecular weight excluding hydrogens is 263 g/mol. The van der Waals surface area contributed by atoms with Crippen molar-refractivity contribution in [1.29, 1.82) is 0 Å². The van der Waals surface area contributed by atoms with Crippen LogP contribution in [0.3, 0.4) is 0 Å². The fourth-order valence-electron chi connectivity index (χ4n) is 3.64. The second kappa shape index (κ2) is 6.89. The smallest absolute Gasteiger partial charge is 0.126 e. The number of nitrogens with zero attached hydrogens (tertiary/aromatic N) is 1. The number of hydrogen-bond acceptors (Lipinski definition) is 2. The molecule has 1 aliphatic heterocycles. The monoisotopic (exact) mass is 292 g/mol. The lowest BCUT2D eigenvalue weighted by atomic mass is 9.81. The lowest BCUT2D eigenvalue weighted by Crippen LogP contribution is -2.55. The van der Waals surface area contributed by atoms with Gasteiger partial charge >= 0.3 is 0 Å². The van der Waals surface area contributed by atoms with Crippen molar-refractivity contribution in [2.75, 3.05) is 20.1 Å². The number of rotatable bonds is 5. The van der Waals surface area contributed by atoms with Crippen LogP contribution in [0.1, 0.15) is 56.7 Å². The SMILES string of the molecule is CCC(C)(C(NC)c1ccc(C)c(F)c1)N1CCCCC1. The summed E-state index contributed by atoms with van der Waals surface area (Å²) < 4.78 is 14.0. The molecule has 1 saturated heterocycles. The molecule has 21 heavy (non-hydrogen) atoms. The molecule has 2 atom stereocenters. The molecular formula is C18H29FN2. The van der Waals surface area contributed by atoms with E-state index in [1.165, 1.54) is 19.3 Å². The number of benzene rings is 1. The summed E-state index contributed by atoms with van der Waals surface area (Å²) in [6.45, 7) is 8.67. The van der Waals surface area contributed by atoms with Crippen LogP contribution in [0.2, 0.25) is 0 Å². The van der Waals surface area contributed by atoms with Crippen LogP contribution in [0.4, 0.5) is 4.39 Å². The number of piperidine rings is 1. The van der Waals surface area contributed by atoms with Gasteiger partial charge in [-0.1, -0.05) is 25.5 Å². The normalized spacial score (nSPS) is 21.0. The zero-order valence-corrected chi connectivity index (χ0v) is 13.9. The van der Waals surface area contributed by atoms with E-state index in [9.17, 15) is 4.39 Å². The maximum Gasteiger partial charge on any atom is 0.126 e. The van der Waals surface area contributed by atoms with E-state index in [4.69, 9.17) is 0 Å². The average Bonchev–Trinajstić information content (AvgIpc) is 2.52. The van der Waals surface area contributed by atoms with E-state index in [-0.39, 0.29) is 17.4 Å². The topological polar surface area (TPSA) is 15.3 Å². The van der Waals surface area contributed by atoms with Crippen LogP contribution in [-0.2, 0) is 0 Å². The third-order valence-electron chi connectivity index (χ3n) is 5.23. The summed E-state index contributed by atoms with van der Waals surface area (Å²) in [5, 5.41) is 3.45. The van der Waals surface area contributed by atoms with Gasteiger partial charge in [0.1, 0.15) is 5.82 Å². The molecule has 1 N–H and O–H groups in total. The van der Waals surface area contributed by atoms with Crippen LogP contribution in [0.15, 0.2) is 18.2 Å². The summed E-state index contributed by atoms with van der Waals surface area (Å²) in [7, 11) is 1.99. The molecule has 2 nitrogen and oxygen atoms in total. The van der Waals surface area contributed by atoms with Gasteiger partial charge in [0, 0.05) is 5.54 Å². The highest BCUT2D eigenvalue weighted by atomic mass is 19.1. The summed E-state index contributed by atoms with van der Waals surface area (Å²) in [5.41, 5.74) is 1.79. The van der Waals surface area contributed by atoms with Crippen LogP contribution >= 0.6 is 0 Å². The fourth-order valence-corrected chi connectivity index (χ4v) is 3.64. The van der Waals surface area contributed by atoms with Gasteiger partial charge < -0.3 is 5.32 Å². The van der Waals surface area contributed by atoms with E-state index in [0.717, 1.165) is 25.1 Å². The second-order valence-electron chi connectivity index (χ2n) is 6.49. The molecule has 1 aromatic carbocycles.